The first kappa shape index (κ1) is 10.2. The van der Waals surface area contributed by atoms with Gasteiger partial charge in [-0.2, -0.15) is 0 Å². The predicted molar refractivity (Wildman–Crippen MR) is 63.1 cm³/mol. The van der Waals surface area contributed by atoms with Crippen LogP contribution in [0.4, 0.5) is 0 Å². The molecule has 1 heterocycles. The molecule has 1 aromatic heterocycles. The van der Waals surface area contributed by atoms with Crippen LogP contribution in [0.2, 0.25) is 0 Å². The highest BCUT2D eigenvalue weighted by Crippen LogP contribution is 2.19. The molecule has 0 unspecified atom stereocenters. The van der Waals surface area contributed by atoms with Crippen LogP contribution in [-0.2, 0) is 6.42 Å². The summed E-state index contributed by atoms with van der Waals surface area (Å²) in [7, 11) is 0. The van der Waals surface area contributed by atoms with E-state index in [1.165, 1.54) is 5.39 Å². The molecule has 1 N–H and O–H groups in total. The highest BCUT2D eigenvalue weighted by molar-refractivity contribution is 5.77. The molecule has 0 bridgehead atoms. The van der Waals surface area contributed by atoms with E-state index in [1.54, 1.807) is 0 Å². The molecule has 0 atom stereocenters. The van der Waals surface area contributed by atoms with Gasteiger partial charge in [0.1, 0.15) is 11.3 Å². The van der Waals surface area contributed by atoms with Gasteiger partial charge in [-0.15, -0.1) is 0 Å². The van der Waals surface area contributed by atoms with Gasteiger partial charge < -0.3 is 9.73 Å². The van der Waals surface area contributed by atoms with Crippen LogP contribution >= 0.6 is 0 Å². The van der Waals surface area contributed by atoms with E-state index in [0.717, 1.165) is 37.3 Å². The van der Waals surface area contributed by atoms with Gasteiger partial charge in [0, 0.05) is 11.8 Å². The molecule has 15 heavy (non-hydrogen) atoms. The molecule has 2 nitrogen and oxygen atoms in total. The Balaban J connectivity index is 1.97. The van der Waals surface area contributed by atoms with Crippen LogP contribution in [0.15, 0.2) is 34.7 Å². The zero-order valence-corrected chi connectivity index (χ0v) is 9.12. The molecule has 2 heteroatoms. The van der Waals surface area contributed by atoms with E-state index in [9.17, 15) is 0 Å². The van der Waals surface area contributed by atoms with Crippen molar-refractivity contribution in [1.82, 2.24) is 5.32 Å². The summed E-state index contributed by atoms with van der Waals surface area (Å²) in [6.07, 6.45) is 2.15. The van der Waals surface area contributed by atoms with Crippen LogP contribution in [-0.4, -0.2) is 13.1 Å². The van der Waals surface area contributed by atoms with Crippen LogP contribution in [0.3, 0.4) is 0 Å². The average Bonchev–Trinajstić information content (AvgIpc) is 2.67. The van der Waals surface area contributed by atoms with E-state index in [0.29, 0.717) is 0 Å². The van der Waals surface area contributed by atoms with Crippen LogP contribution in [0.5, 0.6) is 0 Å². The van der Waals surface area contributed by atoms with Crippen molar-refractivity contribution in [3.05, 3.63) is 36.1 Å². The molecule has 0 spiro atoms. The molecule has 0 saturated heterocycles. The Morgan fingerprint density at radius 3 is 2.93 bits per heavy atom. The van der Waals surface area contributed by atoms with E-state index in [-0.39, 0.29) is 0 Å². The fourth-order valence-corrected chi connectivity index (χ4v) is 1.72. The first-order valence-electron chi connectivity index (χ1n) is 5.58. The molecule has 0 fully saturated rings. The Morgan fingerprint density at radius 1 is 1.27 bits per heavy atom. The van der Waals surface area contributed by atoms with Crippen LogP contribution in [0.25, 0.3) is 11.0 Å². The standard InChI is InChI=1S/C13H17NO/c1-2-14-9-5-7-12-10-11-6-3-4-8-13(11)15-12/h3-4,6,8,10,14H,2,5,7,9H2,1H3. The minimum absolute atomic E-state index is 0.996. The molecular formula is C13H17NO. The first-order valence-corrected chi connectivity index (χ1v) is 5.58. The largest absolute Gasteiger partial charge is 0.461 e. The molecule has 2 aromatic rings. The monoisotopic (exact) mass is 203 g/mol. The van der Waals surface area contributed by atoms with Gasteiger partial charge in [0.15, 0.2) is 0 Å². The number of benzene rings is 1. The molecule has 1 aromatic carbocycles. The van der Waals surface area contributed by atoms with Gasteiger partial charge in [0.25, 0.3) is 0 Å². The number of aryl methyl sites for hydroxylation is 1. The number of rotatable bonds is 5. The first-order chi connectivity index (χ1) is 7.40. The maximum absolute atomic E-state index is 5.72. The second-order valence-corrected chi connectivity index (χ2v) is 3.71. The predicted octanol–water partition coefficient (Wildman–Crippen LogP) is 2.97. The van der Waals surface area contributed by atoms with Crippen molar-refractivity contribution in [3.8, 4) is 0 Å². The molecular weight excluding hydrogens is 186 g/mol. The maximum atomic E-state index is 5.72. The van der Waals surface area contributed by atoms with Gasteiger partial charge in [-0.1, -0.05) is 25.1 Å². The van der Waals surface area contributed by atoms with Crippen molar-refractivity contribution < 1.29 is 4.42 Å². The molecule has 0 aliphatic rings. The van der Waals surface area contributed by atoms with Gasteiger partial charge >= 0.3 is 0 Å². The van der Waals surface area contributed by atoms with Crippen molar-refractivity contribution in [2.24, 2.45) is 0 Å². The quantitative estimate of drug-likeness (QED) is 0.756. The van der Waals surface area contributed by atoms with Crippen molar-refractivity contribution in [2.75, 3.05) is 13.1 Å². The van der Waals surface area contributed by atoms with E-state index in [1.807, 2.05) is 18.2 Å². The lowest BCUT2D eigenvalue weighted by Crippen LogP contribution is -2.14. The lowest BCUT2D eigenvalue weighted by molar-refractivity contribution is 0.530. The third kappa shape index (κ3) is 2.60. The molecule has 0 aliphatic heterocycles. The molecule has 2 rings (SSSR count). The number of para-hydroxylation sites is 1. The van der Waals surface area contributed by atoms with Crippen molar-refractivity contribution >= 4 is 11.0 Å². The Hall–Kier alpha value is -1.28. The second-order valence-electron chi connectivity index (χ2n) is 3.71. The molecule has 0 amide bonds. The minimum atomic E-state index is 0.996. The van der Waals surface area contributed by atoms with Gasteiger partial charge in [0.2, 0.25) is 0 Å². The van der Waals surface area contributed by atoms with Crippen LogP contribution < -0.4 is 5.32 Å². The van der Waals surface area contributed by atoms with E-state index in [2.05, 4.69) is 24.4 Å². The number of hydrogen-bond donors (Lipinski definition) is 1. The van der Waals surface area contributed by atoms with E-state index < -0.39 is 0 Å². The number of hydrogen-bond acceptors (Lipinski definition) is 2. The van der Waals surface area contributed by atoms with Crippen molar-refractivity contribution in [1.29, 1.82) is 0 Å². The second kappa shape index (κ2) is 4.99. The summed E-state index contributed by atoms with van der Waals surface area (Å²) in [4.78, 5) is 0. The van der Waals surface area contributed by atoms with Crippen LogP contribution in [0.1, 0.15) is 19.1 Å². The molecule has 0 saturated carbocycles. The Kier molecular flexibility index (Phi) is 3.41. The highest BCUT2D eigenvalue weighted by atomic mass is 16.3. The zero-order chi connectivity index (χ0) is 10.5. The SMILES string of the molecule is CCNCCCc1cc2ccccc2o1. The van der Waals surface area contributed by atoms with Gasteiger partial charge in [0.05, 0.1) is 0 Å². The zero-order valence-electron chi connectivity index (χ0n) is 9.12. The van der Waals surface area contributed by atoms with E-state index in [4.69, 9.17) is 4.42 Å². The third-order valence-electron chi connectivity index (χ3n) is 2.50. The normalized spacial score (nSPS) is 11.0. The summed E-state index contributed by atoms with van der Waals surface area (Å²) in [6.45, 7) is 4.23. The third-order valence-corrected chi connectivity index (χ3v) is 2.50. The van der Waals surface area contributed by atoms with Crippen molar-refractivity contribution in [2.45, 2.75) is 19.8 Å². The van der Waals surface area contributed by atoms with Crippen molar-refractivity contribution in [3.63, 3.8) is 0 Å². The number of furan rings is 1. The summed E-state index contributed by atoms with van der Waals surface area (Å²) in [5.41, 5.74) is 0.996. The van der Waals surface area contributed by atoms with E-state index >= 15 is 0 Å². The molecule has 0 aliphatic carbocycles. The summed E-state index contributed by atoms with van der Waals surface area (Å²) in [5, 5.41) is 4.52. The molecule has 80 valence electrons. The van der Waals surface area contributed by atoms with Gasteiger partial charge in [-0.05, 0) is 31.6 Å². The fourth-order valence-electron chi connectivity index (χ4n) is 1.72. The Morgan fingerprint density at radius 2 is 2.13 bits per heavy atom. The summed E-state index contributed by atoms with van der Waals surface area (Å²) < 4.78 is 5.72. The maximum Gasteiger partial charge on any atom is 0.134 e. The van der Waals surface area contributed by atoms with Gasteiger partial charge in [-0.25, -0.2) is 0 Å². The summed E-state index contributed by atoms with van der Waals surface area (Å²) in [6, 6.07) is 10.3. The minimum Gasteiger partial charge on any atom is -0.461 e. The van der Waals surface area contributed by atoms with Gasteiger partial charge in [-0.3, -0.25) is 0 Å². The summed E-state index contributed by atoms with van der Waals surface area (Å²) in [5.74, 6) is 1.09. The molecule has 0 radical (unpaired) electrons. The lowest BCUT2D eigenvalue weighted by atomic mass is 10.2. The fraction of sp³-hybridized carbons (Fsp3) is 0.385. The van der Waals surface area contributed by atoms with Crippen LogP contribution in [0, 0.1) is 0 Å². The number of nitrogens with one attached hydrogen (secondary N) is 1. The Labute approximate surface area is 90.3 Å². The summed E-state index contributed by atoms with van der Waals surface area (Å²) >= 11 is 0. The topological polar surface area (TPSA) is 25.2 Å². The number of fused-ring (bicyclic) bond motifs is 1. The average molecular weight is 203 g/mol. The lowest BCUT2D eigenvalue weighted by Gasteiger charge is -1.98. The smallest absolute Gasteiger partial charge is 0.134 e. The highest BCUT2D eigenvalue weighted by Gasteiger charge is 2.01. The Bertz CT molecular complexity index is 386.